The molecule has 4 rings (SSSR count). The summed E-state index contributed by atoms with van der Waals surface area (Å²) in [4.78, 5) is 12.9. The van der Waals surface area contributed by atoms with Gasteiger partial charge in [-0.1, -0.05) is 66.7 Å². The minimum absolute atomic E-state index is 0.277. The summed E-state index contributed by atoms with van der Waals surface area (Å²) in [6, 6.07) is 24.7. The highest BCUT2D eigenvalue weighted by molar-refractivity contribution is 6.00. The van der Waals surface area contributed by atoms with Gasteiger partial charge in [0.25, 0.3) is 0 Å². The van der Waals surface area contributed by atoms with E-state index in [0.29, 0.717) is 12.2 Å². The molecule has 0 unspecified atom stereocenters. The van der Waals surface area contributed by atoms with Gasteiger partial charge >= 0.3 is 5.97 Å². The van der Waals surface area contributed by atoms with Crippen molar-refractivity contribution >= 4 is 16.7 Å². The standard InChI is InChI=1S/C25H23NO2/c1-4-28-25(27)23-17(2)18(3)26(24(23)20-12-6-5-7-13-20)22-16-10-14-19-11-8-9-15-21(19)22/h5-16H,4H2,1-3H3. The van der Waals surface area contributed by atoms with Gasteiger partial charge in [-0.05, 0) is 43.4 Å². The van der Waals surface area contributed by atoms with E-state index >= 15 is 0 Å². The first kappa shape index (κ1) is 18.1. The molecular weight excluding hydrogens is 346 g/mol. The molecule has 0 N–H and O–H groups in total. The van der Waals surface area contributed by atoms with Crippen molar-refractivity contribution in [2.75, 3.05) is 6.61 Å². The lowest BCUT2D eigenvalue weighted by molar-refractivity contribution is 0.0526. The first-order valence-corrected chi connectivity index (χ1v) is 9.56. The Morgan fingerprint density at radius 2 is 1.57 bits per heavy atom. The van der Waals surface area contributed by atoms with E-state index in [-0.39, 0.29) is 5.97 Å². The van der Waals surface area contributed by atoms with Crippen molar-refractivity contribution < 1.29 is 9.53 Å². The maximum absolute atomic E-state index is 12.9. The molecule has 0 bridgehead atoms. The van der Waals surface area contributed by atoms with Crippen LogP contribution in [0.15, 0.2) is 72.8 Å². The number of rotatable bonds is 4. The highest BCUT2D eigenvalue weighted by Gasteiger charge is 2.26. The molecule has 0 aliphatic rings. The van der Waals surface area contributed by atoms with E-state index in [1.165, 1.54) is 5.39 Å². The van der Waals surface area contributed by atoms with E-state index in [1.807, 2.05) is 56.3 Å². The molecule has 0 atom stereocenters. The number of hydrogen-bond donors (Lipinski definition) is 0. The van der Waals surface area contributed by atoms with Crippen molar-refractivity contribution in [3.05, 3.63) is 89.6 Å². The van der Waals surface area contributed by atoms with E-state index in [1.54, 1.807) is 0 Å². The Labute approximate surface area is 165 Å². The normalized spacial score (nSPS) is 11.0. The van der Waals surface area contributed by atoms with Crippen molar-refractivity contribution in [3.8, 4) is 16.9 Å². The summed E-state index contributed by atoms with van der Waals surface area (Å²) in [5.41, 5.74) is 5.56. The summed E-state index contributed by atoms with van der Waals surface area (Å²) >= 11 is 0. The molecule has 0 aliphatic carbocycles. The second-order valence-electron chi connectivity index (χ2n) is 6.85. The Bertz CT molecular complexity index is 1150. The first-order chi connectivity index (χ1) is 13.6. The Morgan fingerprint density at radius 1 is 0.893 bits per heavy atom. The molecule has 0 fully saturated rings. The number of carbonyl (C=O) groups excluding carboxylic acids is 1. The maximum atomic E-state index is 12.9. The predicted octanol–water partition coefficient (Wildman–Crippen LogP) is 6.09. The lowest BCUT2D eigenvalue weighted by Crippen LogP contribution is -2.08. The Kier molecular flexibility index (Phi) is 4.74. The van der Waals surface area contributed by atoms with Gasteiger partial charge in [0.15, 0.2) is 0 Å². The molecule has 28 heavy (non-hydrogen) atoms. The van der Waals surface area contributed by atoms with Gasteiger partial charge < -0.3 is 9.30 Å². The van der Waals surface area contributed by atoms with E-state index in [4.69, 9.17) is 4.74 Å². The van der Waals surface area contributed by atoms with Crippen LogP contribution in [0.4, 0.5) is 0 Å². The molecule has 0 radical (unpaired) electrons. The topological polar surface area (TPSA) is 31.2 Å². The van der Waals surface area contributed by atoms with Crippen LogP contribution < -0.4 is 0 Å². The van der Waals surface area contributed by atoms with Gasteiger partial charge in [-0.2, -0.15) is 0 Å². The number of nitrogens with zero attached hydrogens (tertiary/aromatic N) is 1. The minimum Gasteiger partial charge on any atom is -0.462 e. The number of aromatic nitrogens is 1. The lowest BCUT2D eigenvalue weighted by atomic mass is 10.0. The number of carbonyl (C=O) groups is 1. The van der Waals surface area contributed by atoms with Crippen LogP contribution in [0.3, 0.4) is 0 Å². The van der Waals surface area contributed by atoms with Crippen molar-refractivity contribution in [2.24, 2.45) is 0 Å². The second kappa shape index (κ2) is 7.35. The Balaban J connectivity index is 2.10. The first-order valence-electron chi connectivity index (χ1n) is 9.56. The quantitative estimate of drug-likeness (QED) is 0.408. The predicted molar refractivity (Wildman–Crippen MR) is 114 cm³/mol. The summed E-state index contributed by atoms with van der Waals surface area (Å²) in [6.07, 6.45) is 0. The molecule has 0 aliphatic heterocycles. The third-order valence-electron chi connectivity index (χ3n) is 5.25. The van der Waals surface area contributed by atoms with Gasteiger partial charge in [-0.3, -0.25) is 0 Å². The summed E-state index contributed by atoms with van der Waals surface area (Å²) in [5.74, 6) is -0.277. The zero-order chi connectivity index (χ0) is 19.7. The van der Waals surface area contributed by atoms with Gasteiger partial charge in [-0.15, -0.1) is 0 Å². The number of esters is 1. The van der Waals surface area contributed by atoms with Crippen molar-refractivity contribution in [1.29, 1.82) is 0 Å². The highest BCUT2D eigenvalue weighted by atomic mass is 16.5. The Hall–Kier alpha value is -3.33. The summed E-state index contributed by atoms with van der Waals surface area (Å²) < 4.78 is 7.60. The molecule has 0 amide bonds. The zero-order valence-electron chi connectivity index (χ0n) is 16.4. The van der Waals surface area contributed by atoms with Gasteiger partial charge in [0.1, 0.15) is 0 Å². The van der Waals surface area contributed by atoms with Gasteiger partial charge in [0, 0.05) is 11.1 Å². The molecule has 1 aromatic heterocycles. The van der Waals surface area contributed by atoms with Crippen LogP contribution >= 0.6 is 0 Å². The fraction of sp³-hybridized carbons (Fsp3) is 0.160. The van der Waals surface area contributed by atoms with Crippen LogP contribution in [-0.2, 0) is 4.74 Å². The van der Waals surface area contributed by atoms with E-state index in [2.05, 4.69) is 41.8 Å². The molecular formula is C25H23NO2. The van der Waals surface area contributed by atoms with Crippen LogP contribution in [0.2, 0.25) is 0 Å². The average molecular weight is 369 g/mol. The molecule has 1 heterocycles. The molecule has 0 spiro atoms. The number of ether oxygens (including phenoxy) is 1. The highest BCUT2D eigenvalue weighted by Crippen LogP contribution is 2.36. The molecule has 3 heteroatoms. The number of hydrogen-bond acceptors (Lipinski definition) is 2. The van der Waals surface area contributed by atoms with Crippen LogP contribution in [0, 0.1) is 13.8 Å². The molecule has 3 nitrogen and oxygen atoms in total. The molecule has 4 aromatic rings. The van der Waals surface area contributed by atoms with Crippen LogP contribution in [0.5, 0.6) is 0 Å². The van der Waals surface area contributed by atoms with Crippen LogP contribution in [-0.4, -0.2) is 17.1 Å². The van der Waals surface area contributed by atoms with E-state index in [0.717, 1.165) is 33.6 Å². The fourth-order valence-corrected chi connectivity index (χ4v) is 3.83. The van der Waals surface area contributed by atoms with Crippen LogP contribution in [0.25, 0.3) is 27.7 Å². The molecule has 0 saturated carbocycles. The summed E-state index contributed by atoms with van der Waals surface area (Å²) in [6.45, 7) is 6.25. The number of benzene rings is 3. The smallest absolute Gasteiger partial charge is 0.340 e. The summed E-state index contributed by atoms with van der Waals surface area (Å²) in [5, 5.41) is 2.32. The SMILES string of the molecule is CCOC(=O)c1c(C)c(C)n(-c2cccc3ccccc23)c1-c1ccccc1. The Morgan fingerprint density at radius 3 is 2.32 bits per heavy atom. The van der Waals surface area contributed by atoms with Gasteiger partial charge in [0.2, 0.25) is 0 Å². The molecule has 0 saturated heterocycles. The summed E-state index contributed by atoms with van der Waals surface area (Å²) in [7, 11) is 0. The molecule has 3 aromatic carbocycles. The largest absolute Gasteiger partial charge is 0.462 e. The van der Waals surface area contributed by atoms with E-state index < -0.39 is 0 Å². The maximum Gasteiger partial charge on any atom is 0.340 e. The average Bonchev–Trinajstić information content (AvgIpc) is 2.99. The minimum atomic E-state index is -0.277. The second-order valence-corrected chi connectivity index (χ2v) is 6.85. The van der Waals surface area contributed by atoms with Crippen molar-refractivity contribution in [2.45, 2.75) is 20.8 Å². The zero-order valence-corrected chi connectivity index (χ0v) is 16.4. The van der Waals surface area contributed by atoms with Crippen molar-refractivity contribution in [3.63, 3.8) is 0 Å². The molecule has 140 valence electrons. The van der Waals surface area contributed by atoms with E-state index in [9.17, 15) is 4.79 Å². The fourth-order valence-electron chi connectivity index (χ4n) is 3.83. The number of fused-ring (bicyclic) bond motifs is 1. The van der Waals surface area contributed by atoms with Crippen LogP contribution in [0.1, 0.15) is 28.5 Å². The van der Waals surface area contributed by atoms with Gasteiger partial charge in [0.05, 0.1) is 23.6 Å². The van der Waals surface area contributed by atoms with Gasteiger partial charge in [-0.25, -0.2) is 4.79 Å². The third-order valence-corrected chi connectivity index (χ3v) is 5.25. The van der Waals surface area contributed by atoms with Crippen molar-refractivity contribution in [1.82, 2.24) is 4.57 Å². The lowest BCUT2D eigenvalue weighted by Gasteiger charge is -2.16. The monoisotopic (exact) mass is 369 g/mol. The third kappa shape index (κ3) is 2.89.